The van der Waals surface area contributed by atoms with Crippen LogP contribution in [0, 0.1) is 0 Å². The van der Waals surface area contributed by atoms with Crippen molar-refractivity contribution in [1.82, 2.24) is 21.3 Å². The van der Waals surface area contributed by atoms with Crippen LogP contribution < -0.4 is 21.3 Å². The molecule has 8 heteroatoms. The summed E-state index contributed by atoms with van der Waals surface area (Å²) in [5.41, 5.74) is 1.13. The van der Waals surface area contributed by atoms with E-state index in [4.69, 9.17) is 0 Å². The molecule has 0 atom stereocenters. The molecule has 4 amide bonds. The highest BCUT2D eigenvalue weighted by atomic mass is 16.2. The number of unbranched alkanes of at least 4 members (excludes halogenated alkanes) is 2. The molecule has 148 valence electrons. The summed E-state index contributed by atoms with van der Waals surface area (Å²) in [6, 6.07) is 9.79. The van der Waals surface area contributed by atoms with Crippen molar-refractivity contribution in [3.63, 3.8) is 0 Å². The summed E-state index contributed by atoms with van der Waals surface area (Å²) in [6.07, 6.45) is 4.03. The lowest BCUT2D eigenvalue weighted by molar-refractivity contribution is -0.127. The average molecular weight is 376 g/mol. The molecule has 0 aliphatic rings. The summed E-state index contributed by atoms with van der Waals surface area (Å²) in [7, 11) is 0. The summed E-state index contributed by atoms with van der Waals surface area (Å²) >= 11 is 0. The lowest BCUT2D eigenvalue weighted by atomic mass is 10.1. The van der Waals surface area contributed by atoms with Gasteiger partial charge in [-0.1, -0.05) is 36.8 Å². The van der Waals surface area contributed by atoms with Crippen molar-refractivity contribution < 1.29 is 19.2 Å². The van der Waals surface area contributed by atoms with Gasteiger partial charge >= 0.3 is 0 Å². The zero-order valence-corrected chi connectivity index (χ0v) is 15.5. The Balaban J connectivity index is 2.01. The molecule has 0 saturated carbocycles. The standard InChI is InChI=1S/C19H28N4O4/c24-15-20-11-6-2-5-9-17(25)22-14-19(27)23-13-18(26)21-12-10-16-7-3-1-4-8-16/h1,3-4,7-8,15H,2,5-6,9-14H2,(H,20,24)(H,21,26)(H,22,25)(H,23,27). The second-order valence-electron chi connectivity index (χ2n) is 6.02. The largest absolute Gasteiger partial charge is 0.359 e. The number of rotatable bonds is 14. The molecular formula is C19H28N4O4. The molecule has 8 nitrogen and oxygen atoms in total. The Morgan fingerprint density at radius 2 is 1.44 bits per heavy atom. The van der Waals surface area contributed by atoms with Gasteiger partial charge in [-0.2, -0.15) is 0 Å². The Kier molecular flexibility index (Phi) is 11.7. The highest BCUT2D eigenvalue weighted by molar-refractivity contribution is 5.88. The fourth-order valence-corrected chi connectivity index (χ4v) is 2.31. The Hall–Kier alpha value is -2.90. The number of hydrogen-bond acceptors (Lipinski definition) is 4. The fraction of sp³-hybridized carbons (Fsp3) is 0.474. The van der Waals surface area contributed by atoms with Crippen LogP contribution in [0.5, 0.6) is 0 Å². The van der Waals surface area contributed by atoms with Gasteiger partial charge in [0.1, 0.15) is 0 Å². The van der Waals surface area contributed by atoms with Crippen molar-refractivity contribution >= 4 is 24.1 Å². The molecule has 0 heterocycles. The first-order valence-corrected chi connectivity index (χ1v) is 9.13. The van der Waals surface area contributed by atoms with Crippen LogP contribution in [0.1, 0.15) is 31.2 Å². The first-order valence-electron chi connectivity index (χ1n) is 9.13. The summed E-state index contributed by atoms with van der Waals surface area (Å²) in [4.78, 5) is 45.0. The first kappa shape index (κ1) is 22.1. The van der Waals surface area contributed by atoms with Crippen LogP contribution in [-0.2, 0) is 25.6 Å². The van der Waals surface area contributed by atoms with Gasteiger partial charge in [0.05, 0.1) is 13.1 Å². The first-order chi connectivity index (χ1) is 13.1. The maximum absolute atomic E-state index is 11.7. The highest BCUT2D eigenvalue weighted by Crippen LogP contribution is 1.99. The van der Waals surface area contributed by atoms with E-state index in [1.54, 1.807) is 0 Å². The van der Waals surface area contributed by atoms with Crippen LogP contribution in [0.2, 0.25) is 0 Å². The Morgan fingerprint density at radius 3 is 2.15 bits per heavy atom. The molecule has 0 aliphatic heterocycles. The SMILES string of the molecule is O=CNCCCCCC(=O)NCC(=O)NCC(=O)NCCc1ccccc1. The van der Waals surface area contributed by atoms with Crippen LogP contribution in [0.15, 0.2) is 30.3 Å². The minimum Gasteiger partial charge on any atom is -0.359 e. The number of amides is 4. The summed E-state index contributed by atoms with van der Waals surface area (Å²) in [6.45, 7) is 0.828. The maximum atomic E-state index is 11.7. The van der Waals surface area contributed by atoms with Crippen molar-refractivity contribution in [2.24, 2.45) is 0 Å². The van der Waals surface area contributed by atoms with Gasteiger partial charge in [-0.05, 0) is 24.8 Å². The van der Waals surface area contributed by atoms with Gasteiger partial charge in [0, 0.05) is 19.5 Å². The molecule has 0 unspecified atom stereocenters. The van der Waals surface area contributed by atoms with E-state index in [-0.39, 0.29) is 24.9 Å². The monoisotopic (exact) mass is 376 g/mol. The number of nitrogens with one attached hydrogen (secondary N) is 4. The number of benzene rings is 1. The zero-order valence-electron chi connectivity index (χ0n) is 15.5. The zero-order chi connectivity index (χ0) is 19.7. The van der Waals surface area contributed by atoms with E-state index in [1.165, 1.54) is 0 Å². The number of hydrogen-bond donors (Lipinski definition) is 4. The third-order valence-electron chi connectivity index (χ3n) is 3.78. The predicted molar refractivity (Wildman–Crippen MR) is 102 cm³/mol. The Morgan fingerprint density at radius 1 is 0.778 bits per heavy atom. The van der Waals surface area contributed by atoms with Crippen LogP contribution in [-0.4, -0.2) is 50.3 Å². The summed E-state index contributed by atoms with van der Waals surface area (Å²) in [5.74, 6) is -0.882. The van der Waals surface area contributed by atoms with Crippen LogP contribution >= 0.6 is 0 Å². The molecule has 0 bridgehead atoms. The van der Waals surface area contributed by atoms with Crippen molar-refractivity contribution in [2.45, 2.75) is 32.1 Å². The third-order valence-corrected chi connectivity index (χ3v) is 3.78. The van der Waals surface area contributed by atoms with Gasteiger partial charge in [0.2, 0.25) is 24.1 Å². The molecular weight excluding hydrogens is 348 g/mol. The van der Waals surface area contributed by atoms with Crippen molar-refractivity contribution in [1.29, 1.82) is 0 Å². The minimum absolute atomic E-state index is 0.118. The quantitative estimate of drug-likeness (QED) is 0.268. The van der Waals surface area contributed by atoms with E-state index in [9.17, 15) is 19.2 Å². The van der Waals surface area contributed by atoms with Gasteiger partial charge in [0.25, 0.3) is 0 Å². The van der Waals surface area contributed by atoms with E-state index >= 15 is 0 Å². The van der Waals surface area contributed by atoms with Crippen molar-refractivity contribution in [3.8, 4) is 0 Å². The van der Waals surface area contributed by atoms with Gasteiger partial charge in [-0.3, -0.25) is 19.2 Å². The topological polar surface area (TPSA) is 116 Å². The van der Waals surface area contributed by atoms with E-state index in [2.05, 4.69) is 21.3 Å². The van der Waals surface area contributed by atoms with Crippen molar-refractivity contribution in [2.75, 3.05) is 26.2 Å². The summed E-state index contributed by atoms with van der Waals surface area (Å²) < 4.78 is 0. The van der Waals surface area contributed by atoms with E-state index in [0.717, 1.165) is 24.8 Å². The van der Waals surface area contributed by atoms with Gasteiger partial charge in [-0.25, -0.2) is 0 Å². The lowest BCUT2D eigenvalue weighted by Gasteiger charge is -2.08. The smallest absolute Gasteiger partial charge is 0.239 e. The molecule has 0 spiro atoms. The van der Waals surface area contributed by atoms with Gasteiger partial charge in [0.15, 0.2) is 0 Å². The number of carbonyl (C=O) groups excluding carboxylic acids is 4. The molecule has 0 aromatic heterocycles. The highest BCUT2D eigenvalue weighted by Gasteiger charge is 2.07. The molecule has 0 fully saturated rings. The third kappa shape index (κ3) is 12.1. The van der Waals surface area contributed by atoms with Gasteiger partial charge < -0.3 is 21.3 Å². The normalized spacial score (nSPS) is 9.93. The molecule has 0 radical (unpaired) electrons. The van der Waals surface area contributed by atoms with Crippen LogP contribution in [0.4, 0.5) is 0 Å². The Labute approximate surface area is 159 Å². The second-order valence-corrected chi connectivity index (χ2v) is 6.02. The molecule has 1 aromatic carbocycles. The summed E-state index contributed by atoms with van der Waals surface area (Å²) in [5, 5.41) is 10.3. The Bertz CT molecular complexity index is 593. The molecule has 4 N–H and O–H groups in total. The average Bonchev–Trinajstić information content (AvgIpc) is 2.68. The molecule has 1 aromatic rings. The predicted octanol–water partition coefficient (Wildman–Crippen LogP) is -0.116. The molecule has 27 heavy (non-hydrogen) atoms. The lowest BCUT2D eigenvalue weighted by Crippen LogP contribution is -2.42. The number of carbonyl (C=O) groups is 4. The van der Waals surface area contributed by atoms with Crippen LogP contribution in [0.25, 0.3) is 0 Å². The van der Waals surface area contributed by atoms with E-state index < -0.39 is 5.91 Å². The van der Waals surface area contributed by atoms with Crippen molar-refractivity contribution in [3.05, 3.63) is 35.9 Å². The van der Waals surface area contributed by atoms with E-state index in [0.29, 0.717) is 32.3 Å². The fourth-order valence-electron chi connectivity index (χ4n) is 2.31. The molecule has 1 rings (SSSR count). The minimum atomic E-state index is -0.406. The maximum Gasteiger partial charge on any atom is 0.239 e. The molecule has 0 saturated heterocycles. The second kappa shape index (κ2) is 14.3. The van der Waals surface area contributed by atoms with Gasteiger partial charge in [-0.15, -0.1) is 0 Å². The molecule has 0 aliphatic carbocycles. The van der Waals surface area contributed by atoms with E-state index in [1.807, 2.05) is 30.3 Å². The van der Waals surface area contributed by atoms with Crippen LogP contribution in [0.3, 0.4) is 0 Å².